The van der Waals surface area contributed by atoms with E-state index >= 15 is 0 Å². The van der Waals surface area contributed by atoms with E-state index < -0.39 is 5.79 Å². The van der Waals surface area contributed by atoms with Gasteiger partial charge in [-0.3, -0.25) is 0 Å². The van der Waals surface area contributed by atoms with Crippen molar-refractivity contribution in [3.8, 4) is 17.0 Å². The van der Waals surface area contributed by atoms with Gasteiger partial charge in [0.2, 0.25) is 5.79 Å². The molecule has 5 rings (SSSR count). The molecule has 0 aliphatic carbocycles. The Morgan fingerprint density at radius 3 is 2.72 bits per heavy atom. The first-order chi connectivity index (χ1) is 17.5. The molecule has 188 valence electrons. The van der Waals surface area contributed by atoms with E-state index in [-0.39, 0.29) is 6.10 Å². The molecule has 1 fully saturated rings. The van der Waals surface area contributed by atoms with Crippen LogP contribution in [-0.4, -0.2) is 44.7 Å². The summed E-state index contributed by atoms with van der Waals surface area (Å²) in [5.74, 6) is -0.319. The summed E-state index contributed by atoms with van der Waals surface area (Å²) in [5, 5.41) is 2.04. The van der Waals surface area contributed by atoms with Crippen LogP contribution in [-0.2, 0) is 28.4 Å². The SMILES string of the molecule is CCn1c(-c2ccc(OC[C@@H]3CO[C@@](Cn4ccnc4)(c4ccc(Cl)cc4Cl)O3)cc2)cnc1SC. The lowest BCUT2D eigenvalue weighted by Gasteiger charge is -2.30. The lowest BCUT2D eigenvalue weighted by atomic mass is 10.1. The third kappa shape index (κ3) is 5.14. The largest absolute Gasteiger partial charge is 0.491 e. The Bertz CT molecular complexity index is 1310. The zero-order valence-corrected chi connectivity index (χ0v) is 22.3. The van der Waals surface area contributed by atoms with Crippen LogP contribution in [0.1, 0.15) is 12.5 Å². The Labute approximate surface area is 224 Å². The maximum atomic E-state index is 6.55. The minimum atomic E-state index is -1.08. The van der Waals surface area contributed by atoms with Crippen molar-refractivity contribution in [1.82, 2.24) is 19.1 Å². The molecule has 2 aromatic heterocycles. The molecule has 0 bridgehead atoms. The lowest BCUT2D eigenvalue weighted by molar-refractivity contribution is -0.189. The maximum Gasteiger partial charge on any atom is 0.215 e. The van der Waals surface area contributed by atoms with Crippen molar-refractivity contribution in [1.29, 1.82) is 0 Å². The number of hydrogen-bond donors (Lipinski definition) is 0. The molecule has 1 aliphatic rings. The van der Waals surface area contributed by atoms with Gasteiger partial charge < -0.3 is 23.3 Å². The quantitative estimate of drug-likeness (QED) is 0.236. The molecular formula is C26H26Cl2N4O3S. The van der Waals surface area contributed by atoms with E-state index in [1.807, 2.05) is 53.5 Å². The van der Waals surface area contributed by atoms with E-state index in [0.717, 1.165) is 28.7 Å². The van der Waals surface area contributed by atoms with Gasteiger partial charge in [-0.05, 0) is 49.6 Å². The van der Waals surface area contributed by atoms with Gasteiger partial charge >= 0.3 is 0 Å². The van der Waals surface area contributed by atoms with Crippen molar-refractivity contribution in [3.63, 3.8) is 0 Å². The van der Waals surface area contributed by atoms with Crippen LogP contribution in [0.5, 0.6) is 5.75 Å². The number of aromatic nitrogens is 4. The molecule has 2 atom stereocenters. The normalized spacial score (nSPS) is 19.6. The van der Waals surface area contributed by atoms with E-state index in [9.17, 15) is 0 Å². The first-order valence-electron chi connectivity index (χ1n) is 11.6. The predicted octanol–water partition coefficient (Wildman–Crippen LogP) is 6.14. The summed E-state index contributed by atoms with van der Waals surface area (Å²) in [6.07, 6.45) is 8.95. The summed E-state index contributed by atoms with van der Waals surface area (Å²) in [4.78, 5) is 8.64. The fourth-order valence-electron chi connectivity index (χ4n) is 4.34. The number of hydrogen-bond acceptors (Lipinski definition) is 6. The molecule has 4 aromatic rings. The second-order valence-corrected chi connectivity index (χ2v) is 9.99. The first kappa shape index (κ1) is 25.2. The van der Waals surface area contributed by atoms with Crippen LogP contribution in [0.3, 0.4) is 0 Å². The highest BCUT2D eigenvalue weighted by atomic mass is 35.5. The maximum absolute atomic E-state index is 6.55. The molecule has 0 amide bonds. The van der Waals surface area contributed by atoms with Crippen molar-refractivity contribution < 1.29 is 14.2 Å². The molecule has 1 aliphatic heterocycles. The number of nitrogens with zero attached hydrogens (tertiary/aromatic N) is 4. The fraction of sp³-hybridized carbons (Fsp3) is 0.308. The summed E-state index contributed by atoms with van der Waals surface area (Å²) >= 11 is 14.3. The van der Waals surface area contributed by atoms with Crippen LogP contribution in [0.2, 0.25) is 10.0 Å². The summed E-state index contributed by atoms with van der Waals surface area (Å²) in [6.45, 7) is 4.07. The molecule has 0 unspecified atom stereocenters. The molecule has 1 saturated heterocycles. The van der Waals surface area contributed by atoms with E-state index in [4.69, 9.17) is 37.4 Å². The van der Waals surface area contributed by atoms with Gasteiger partial charge in [0.1, 0.15) is 18.5 Å². The molecule has 7 nitrogen and oxygen atoms in total. The van der Waals surface area contributed by atoms with E-state index in [0.29, 0.717) is 35.4 Å². The molecule has 0 N–H and O–H groups in total. The Morgan fingerprint density at radius 2 is 2.03 bits per heavy atom. The smallest absolute Gasteiger partial charge is 0.215 e. The van der Waals surface area contributed by atoms with Crippen LogP contribution >= 0.6 is 35.0 Å². The van der Waals surface area contributed by atoms with Gasteiger partial charge in [-0.25, -0.2) is 9.97 Å². The number of ether oxygens (including phenoxy) is 3. The second-order valence-electron chi connectivity index (χ2n) is 8.37. The molecule has 2 aromatic carbocycles. The van der Waals surface area contributed by atoms with Gasteiger partial charge in [0, 0.05) is 35.1 Å². The highest BCUT2D eigenvalue weighted by molar-refractivity contribution is 7.98. The molecule has 0 radical (unpaired) electrons. The fourth-order valence-corrected chi connectivity index (χ4v) is 5.50. The van der Waals surface area contributed by atoms with Crippen molar-refractivity contribution in [2.75, 3.05) is 19.5 Å². The van der Waals surface area contributed by atoms with Crippen molar-refractivity contribution in [3.05, 3.63) is 83.0 Å². The highest BCUT2D eigenvalue weighted by Crippen LogP contribution is 2.40. The van der Waals surface area contributed by atoms with Gasteiger partial charge in [-0.2, -0.15) is 0 Å². The van der Waals surface area contributed by atoms with Gasteiger partial charge in [-0.1, -0.05) is 41.0 Å². The summed E-state index contributed by atoms with van der Waals surface area (Å²) in [5.41, 5.74) is 2.89. The zero-order valence-electron chi connectivity index (χ0n) is 19.9. The van der Waals surface area contributed by atoms with Gasteiger partial charge in [-0.15, -0.1) is 0 Å². The summed E-state index contributed by atoms with van der Waals surface area (Å²) < 4.78 is 22.9. The van der Waals surface area contributed by atoms with Crippen molar-refractivity contribution in [2.24, 2.45) is 0 Å². The predicted molar refractivity (Wildman–Crippen MR) is 142 cm³/mol. The summed E-state index contributed by atoms with van der Waals surface area (Å²) in [7, 11) is 0. The van der Waals surface area contributed by atoms with Crippen molar-refractivity contribution in [2.45, 2.75) is 37.1 Å². The van der Waals surface area contributed by atoms with E-state index in [2.05, 4.69) is 21.5 Å². The van der Waals surface area contributed by atoms with Gasteiger partial charge in [0.25, 0.3) is 0 Å². The number of benzene rings is 2. The molecule has 36 heavy (non-hydrogen) atoms. The third-order valence-corrected chi connectivity index (χ3v) is 7.29. The average molecular weight is 545 g/mol. The topological polar surface area (TPSA) is 63.3 Å². The molecular weight excluding hydrogens is 519 g/mol. The minimum Gasteiger partial charge on any atom is -0.491 e. The minimum absolute atomic E-state index is 0.286. The molecule has 0 spiro atoms. The van der Waals surface area contributed by atoms with E-state index in [1.54, 1.807) is 36.4 Å². The van der Waals surface area contributed by atoms with E-state index in [1.165, 1.54) is 0 Å². The Morgan fingerprint density at radius 1 is 1.19 bits per heavy atom. The van der Waals surface area contributed by atoms with Crippen LogP contribution in [0, 0.1) is 0 Å². The van der Waals surface area contributed by atoms with Crippen LogP contribution < -0.4 is 4.74 Å². The first-order valence-corrected chi connectivity index (χ1v) is 13.5. The molecule has 3 heterocycles. The second kappa shape index (κ2) is 10.9. The Kier molecular flexibility index (Phi) is 7.60. The summed E-state index contributed by atoms with van der Waals surface area (Å²) in [6, 6.07) is 13.3. The number of imidazole rings is 2. The van der Waals surface area contributed by atoms with Gasteiger partial charge in [0.15, 0.2) is 5.16 Å². The molecule has 0 saturated carbocycles. The zero-order chi connectivity index (χ0) is 25.1. The Balaban J connectivity index is 1.29. The lowest BCUT2D eigenvalue weighted by Crippen LogP contribution is -2.34. The average Bonchev–Trinajstić information content (AvgIpc) is 3.63. The standard InChI is InChI=1S/C26H26Cl2N4O3S/c1-3-32-24(13-30-25(32)36-2)18-4-7-20(8-5-18)33-14-21-15-34-26(35-21,16-31-11-10-29-17-31)22-9-6-19(27)12-23(22)28/h4-13,17,21H,3,14-16H2,1-2H3/t21-,26-/m1/s1. The van der Waals surface area contributed by atoms with Crippen LogP contribution in [0.15, 0.2) is 72.5 Å². The number of rotatable bonds is 9. The molecule has 10 heteroatoms. The third-order valence-electron chi connectivity index (χ3n) is 6.05. The van der Waals surface area contributed by atoms with Crippen LogP contribution in [0.4, 0.5) is 0 Å². The van der Waals surface area contributed by atoms with Crippen LogP contribution in [0.25, 0.3) is 11.3 Å². The van der Waals surface area contributed by atoms with Gasteiger partial charge in [0.05, 0.1) is 36.4 Å². The van der Waals surface area contributed by atoms with Crippen molar-refractivity contribution >= 4 is 35.0 Å². The highest BCUT2D eigenvalue weighted by Gasteiger charge is 2.45. The number of thioether (sulfide) groups is 1. The number of halogens is 2. The monoisotopic (exact) mass is 544 g/mol. The Hall–Kier alpha value is -2.49.